The lowest BCUT2D eigenvalue weighted by Gasteiger charge is -2.10. The summed E-state index contributed by atoms with van der Waals surface area (Å²) >= 11 is 0. The first-order chi connectivity index (χ1) is 12.3. The van der Waals surface area contributed by atoms with E-state index in [1.165, 1.54) is 0 Å². The number of nitrogens with zero attached hydrogens (tertiary/aromatic N) is 2. The number of H-pyrrole nitrogens is 1. The van der Waals surface area contributed by atoms with E-state index in [0.717, 1.165) is 18.4 Å². The van der Waals surface area contributed by atoms with Crippen LogP contribution in [0, 0.1) is 20.8 Å². The lowest BCUT2D eigenvalue weighted by atomic mass is 10.2. The molecular weight excluding hydrogens is 352 g/mol. The van der Waals surface area contributed by atoms with Crippen LogP contribution in [0.15, 0.2) is 33.6 Å². The Morgan fingerprint density at radius 3 is 2.62 bits per heavy atom. The molecule has 2 aromatic heterocycles. The summed E-state index contributed by atoms with van der Waals surface area (Å²) in [7, 11) is -3.82. The highest BCUT2D eigenvalue weighted by Gasteiger charge is 2.33. The molecule has 1 fully saturated rings. The summed E-state index contributed by atoms with van der Waals surface area (Å²) in [5.41, 5.74) is 3.13. The first kappa shape index (κ1) is 16.8. The van der Waals surface area contributed by atoms with E-state index in [4.69, 9.17) is 4.42 Å². The predicted octanol–water partition coefficient (Wildman–Crippen LogP) is 3.67. The third-order valence-corrected chi connectivity index (χ3v) is 5.99. The molecule has 0 amide bonds. The molecule has 7 nitrogen and oxygen atoms in total. The Morgan fingerprint density at radius 2 is 1.92 bits per heavy atom. The number of rotatable bonds is 5. The van der Waals surface area contributed by atoms with Crippen molar-refractivity contribution in [1.82, 2.24) is 15.2 Å². The minimum absolute atomic E-state index is 0.141. The zero-order valence-electron chi connectivity index (χ0n) is 14.8. The fourth-order valence-electron chi connectivity index (χ4n) is 3.10. The number of hydrogen-bond donors (Lipinski definition) is 2. The molecule has 1 aliphatic rings. The molecule has 136 valence electrons. The number of anilines is 1. The van der Waals surface area contributed by atoms with Crippen LogP contribution in [0.3, 0.4) is 0 Å². The molecule has 1 aliphatic carbocycles. The number of sulfonamides is 1. The molecule has 0 radical (unpaired) electrons. The molecule has 0 unspecified atom stereocenters. The molecule has 2 N–H and O–H groups in total. The van der Waals surface area contributed by atoms with Crippen LogP contribution in [-0.2, 0) is 10.0 Å². The van der Waals surface area contributed by atoms with Crippen molar-refractivity contribution in [3.8, 4) is 11.5 Å². The highest BCUT2D eigenvalue weighted by atomic mass is 32.2. The highest BCUT2D eigenvalue weighted by Crippen LogP contribution is 2.41. The maximum absolute atomic E-state index is 13.1. The van der Waals surface area contributed by atoms with Crippen molar-refractivity contribution in [2.24, 2.45) is 0 Å². The van der Waals surface area contributed by atoms with Gasteiger partial charge in [-0.15, -0.1) is 10.2 Å². The molecule has 0 spiro atoms. The van der Waals surface area contributed by atoms with Crippen LogP contribution >= 0.6 is 0 Å². The van der Waals surface area contributed by atoms with Crippen LogP contribution in [0.1, 0.15) is 41.6 Å². The van der Waals surface area contributed by atoms with Gasteiger partial charge in [-0.1, -0.05) is 12.1 Å². The molecule has 0 bridgehead atoms. The fraction of sp³-hybridized carbons (Fsp3) is 0.333. The van der Waals surface area contributed by atoms with Crippen molar-refractivity contribution < 1.29 is 12.8 Å². The van der Waals surface area contributed by atoms with E-state index < -0.39 is 10.0 Å². The van der Waals surface area contributed by atoms with Crippen LogP contribution in [0.5, 0.6) is 0 Å². The molecule has 26 heavy (non-hydrogen) atoms. The maximum atomic E-state index is 13.1. The standard InChI is InChI=1S/C18H20N4O3S/c1-10-5-4-6-14(9-10)22-26(23,24)16-12(3)19-11(2)15(16)18-21-20-17(25-18)13-7-8-13/h4-6,9,13,19,22H,7-8H2,1-3H3. The van der Waals surface area contributed by atoms with Gasteiger partial charge in [0.2, 0.25) is 5.89 Å². The van der Waals surface area contributed by atoms with E-state index in [0.29, 0.717) is 34.4 Å². The molecule has 0 saturated heterocycles. The van der Waals surface area contributed by atoms with E-state index in [1.807, 2.05) is 19.1 Å². The summed E-state index contributed by atoms with van der Waals surface area (Å²) in [6, 6.07) is 7.22. The molecule has 8 heteroatoms. The highest BCUT2D eigenvalue weighted by molar-refractivity contribution is 7.93. The van der Waals surface area contributed by atoms with Crippen molar-refractivity contribution in [1.29, 1.82) is 0 Å². The molecule has 3 aromatic rings. The minimum atomic E-state index is -3.82. The van der Waals surface area contributed by atoms with Gasteiger partial charge in [-0.25, -0.2) is 8.42 Å². The van der Waals surface area contributed by atoms with E-state index >= 15 is 0 Å². The molecule has 4 rings (SSSR count). The Kier molecular flexibility index (Phi) is 3.87. The molecule has 1 aromatic carbocycles. The summed E-state index contributed by atoms with van der Waals surface area (Å²) in [5, 5.41) is 8.17. The van der Waals surface area contributed by atoms with Crippen molar-refractivity contribution in [2.75, 3.05) is 4.72 Å². The SMILES string of the molecule is Cc1cccc(NS(=O)(=O)c2c(C)[nH]c(C)c2-c2nnc(C3CC3)o2)c1. The summed E-state index contributed by atoms with van der Waals surface area (Å²) in [6.07, 6.45) is 2.07. The normalized spacial score (nSPS) is 14.6. The lowest BCUT2D eigenvalue weighted by molar-refractivity contribution is 0.507. The predicted molar refractivity (Wildman–Crippen MR) is 97.5 cm³/mol. The number of aryl methyl sites for hydroxylation is 3. The Bertz CT molecular complexity index is 1080. The molecule has 1 saturated carbocycles. The van der Waals surface area contributed by atoms with E-state index in [9.17, 15) is 8.42 Å². The van der Waals surface area contributed by atoms with Crippen LogP contribution in [0.25, 0.3) is 11.5 Å². The van der Waals surface area contributed by atoms with Crippen LogP contribution < -0.4 is 4.72 Å². The Morgan fingerprint density at radius 1 is 1.15 bits per heavy atom. The van der Waals surface area contributed by atoms with Crippen LogP contribution in [0.4, 0.5) is 5.69 Å². The minimum Gasteiger partial charge on any atom is -0.420 e. The van der Waals surface area contributed by atoms with Gasteiger partial charge in [0.15, 0.2) is 0 Å². The maximum Gasteiger partial charge on any atom is 0.264 e. The Hall–Kier alpha value is -2.61. The molecule has 2 heterocycles. The Labute approximate surface area is 151 Å². The van der Waals surface area contributed by atoms with Gasteiger partial charge in [0.05, 0.1) is 5.56 Å². The van der Waals surface area contributed by atoms with Gasteiger partial charge in [0.25, 0.3) is 15.9 Å². The summed E-state index contributed by atoms with van der Waals surface area (Å²) in [6.45, 7) is 5.43. The fourth-order valence-corrected chi connectivity index (χ4v) is 4.60. The van der Waals surface area contributed by atoms with Gasteiger partial charge in [0.1, 0.15) is 4.90 Å². The van der Waals surface area contributed by atoms with Gasteiger partial charge >= 0.3 is 0 Å². The van der Waals surface area contributed by atoms with E-state index in [1.54, 1.807) is 26.0 Å². The third-order valence-electron chi connectivity index (χ3n) is 4.44. The van der Waals surface area contributed by atoms with Gasteiger partial charge in [-0.2, -0.15) is 0 Å². The van der Waals surface area contributed by atoms with Crippen LogP contribution in [-0.4, -0.2) is 23.6 Å². The van der Waals surface area contributed by atoms with Crippen molar-refractivity contribution in [2.45, 2.75) is 44.4 Å². The number of hydrogen-bond acceptors (Lipinski definition) is 5. The first-order valence-electron chi connectivity index (χ1n) is 8.47. The lowest BCUT2D eigenvalue weighted by Crippen LogP contribution is -2.14. The second-order valence-electron chi connectivity index (χ2n) is 6.77. The average Bonchev–Trinajstić information content (AvgIpc) is 3.20. The van der Waals surface area contributed by atoms with Gasteiger partial charge < -0.3 is 9.40 Å². The topological polar surface area (TPSA) is 101 Å². The Balaban J connectivity index is 1.77. The van der Waals surface area contributed by atoms with Gasteiger partial charge in [0, 0.05) is 23.0 Å². The summed E-state index contributed by atoms with van der Waals surface area (Å²) < 4.78 is 34.5. The summed E-state index contributed by atoms with van der Waals surface area (Å²) in [4.78, 5) is 3.23. The zero-order chi connectivity index (χ0) is 18.5. The zero-order valence-corrected chi connectivity index (χ0v) is 15.6. The monoisotopic (exact) mass is 372 g/mol. The largest absolute Gasteiger partial charge is 0.420 e. The third kappa shape index (κ3) is 3.01. The second kappa shape index (κ2) is 5.98. The second-order valence-corrected chi connectivity index (χ2v) is 8.39. The van der Waals surface area contributed by atoms with Crippen LogP contribution in [0.2, 0.25) is 0 Å². The molecular formula is C18H20N4O3S. The van der Waals surface area contributed by atoms with Crippen molar-refractivity contribution in [3.05, 3.63) is 47.1 Å². The van der Waals surface area contributed by atoms with Crippen molar-refractivity contribution in [3.63, 3.8) is 0 Å². The van der Waals surface area contributed by atoms with Gasteiger partial charge in [-0.05, 0) is 51.3 Å². The average molecular weight is 372 g/mol. The van der Waals surface area contributed by atoms with Crippen molar-refractivity contribution >= 4 is 15.7 Å². The van der Waals surface area contributed by atoms with E-state index in [-0.39, 0.29) is 10.8 Å². The number of aromatic nitrogens is 3. The number of aromatic amines is 1. The molecule has 0 aliphatic heterocycles. The van der Waals surface area contributed by atoms with E-state index in [2.05, 4.69) is 19.9 Å². The number of benzene rings is 1. The smallest absolute Gasteiger partial charge is 0.264 e. The number of nitrogens with one attached hydrogen (secondary N) is 2. The summed E-state index contributed by atoms with van der Waals surface area (Å²) in [5.74, 6) is 1.12. The first-order valence-corrected chi connectivity index (χ1v) is 9.96. The van der Waals surface area contributed by atoms with Gasteiger partial charge in [-0.3, -0.25) is 4.72 Å². The molecule has 0 atom stereocenters. The quantitative estimate of drug-likeness (QED) is 0.712.